The van der Waals surface area contributed by atoms with Gasteiger partial charge in [-0.3, -0.25) is 4.79 Å². The molecule has 2 aliphatic rings. The Balaban J connectivity index is 1.90. The second-order valence-corrected chi connectivity index (χ2v) is 9.50. The lowest BCUT2D eigenvalue weighted by molar-refractivity contribution is -0.112. The van der Waals surface area contributed by atoms with Crippen LogP contribution in [0, 0.1) is 29.4 Å². The van der Waals surface area contributed by atoms with Crippen molar-refractivity contribution in [2.45, 2.75) is 57.9 Å². The quantitative estimate of drug-likeness (QED) is 0.227. The Bertz CT molecular complexity index is 1120. The second kappa shape index (κ2) is 12.6. The molecule has 0 bridgehead atoms. The molecule has 0 heterocycles. The predicted octanol–water partition coefficient (Wildman–Crippen LogP) is 6.69. The van der Waals surface area contributed by atoms with E-state index in [4.69, 9.17) is 0 Å². The monoisotopic (exact) mass is 522 g/mol. The first-order chi connectivity index (χ1) is 17.5. The summed E-state index contributed by atoms with van der Waals surface area (Å²) in [6.45, 7) is 1.95. The van der Waals surface area contributed by atoms with Crippen molar-refractivity contribution in [2.24, 2.45) is 17.8 Å². The number of Topliss-reactive ketones (excluding diaryl/α,β-unsaturated/α-hetero) is 1. The molecular formula is C29H31F5O3. The molecule has 1 aromatic rings. The number of benzene rings is 1. The lowest BCUT2D eigenvalue weighted by Crippen LogP contribution is -2.22. The van der Waals surface area contributed by atoms with E-state index < -0.39 is 41.4 Å². The molecule has 3 nitrogen and oxygen atoms in total. The molecule has 0 fully saturated rings. The molecule has 37 heavy (non-hydrogen) atoms. The molecule has 3 atom stereocenters. The van der Waals surface area contributed by atoms with Crippen LogP contribution in [-0.4, -0.2) is 28.5 Å². The molecule has 2 N–H and O–H groups in total. The zero-order valence-electron chi connectivity index (χ0n) is 20.5. The number of carbonyl (C=O) groups excluding carboxylic acids is 1. The van der Waals surface area contributed by atoms with Gasteiger partial charge in [-0.15, -0.1) is 0 Å². The Labute approximate surface area is 213 Å². The van der Waals surface area contributed by atoms with Crippen molar-refractivity contribution in [3.63, 3.8) is 0 Å². The summed E-state index contributed by atoms with van der Waals surface area (Å²) in [6, 6.07) is 3.33. The van der Waals surface area contributed by atoms with Gasteiger partial charge in [-0.2, -0.15) is 13.2 Å². The van der Waals surface area contributed by atoms with Crippen molar-refractivity contribution in [2.75, 3.05) is 0 Å². The molecule has 8 heteroatoms. The normalized spacial score (nSPS) is 21.8. The van der Waals surface area contributed by atoms with Crippen LogP contribution in [0.25, 0.3) is 0 Å². The Morgan fingerprint density at radius 1 is 1.22 bits per heavy atom. The number of hydrogen-bond donors (Lipinski definition) is 2. The Morgan fingerprint density at radius 3 is 2.65 bits per heavy atom. The minimum absolute atomic E-state index is 0.00107. The average Bonchev–Trinajstić information content (AvgIpc) is 3.22. The number of aliphatic hydroxyl groups is 2. The number of halogens is 5. The number of aliphatic hydroxyl groups excluding tert-OH is 1. The van der Waals surface area contributed by atoms with Crippen LogP contribution < -0.4 is 0 Å². The summed E-state index contributed by atoms with van der Waals surface area (Å²) in [6.07, 6.45) is 5.04. The molecule has 0 aromatic heterocycles. The highest BCUT2D eigenvalue weighted by Gasteiger charge is 2.35. The standard InChI is InChI=1S/C29H31F5O3/c1-2-18(14-22-17-24(30)11-12-26(22)31)19-7-5-9-25(20(15-19)10-13-27(35)36)28(37)21-6-3-4-8-23(16-21)29(32,33)34/h3-4,8-13,16-20,27,35-36H,2,5-7,14-15H2,1H3/b13-10+. The van der Waals surface area contributed by atoms with Crippen LogP contribution in [0.1, 0.15) is 44.6 Å². The van der Waals surface area contributed by atoms with Gasteiger partial charge in [0.05, 0.1) is 5.57 Å². The molecule has 0 spiro atoms. The Kier molecular flexibility index (Phi) is 9.79. The van der Waals surface area contributed by atoms with Gasteiger partial charge in [0.15, 0.2) is 12.1 Å². The summed E-state index contributed by atoms with van der Waals surface area (Å²) >= 11 is 0. The van der Waals surface area contributed by atoms with E-state index in [1.54, 1.807) is 6.08 Å². The van der Waals surface area contributed by atoms with E-state index in [9.17, 15) is 37.0 Å². The SMILES string of the molecule is CCC(Cc1cc(F)ccc1F)C1CCC=C(C(=O)C2=CC(C(F)(F)F)=CC=CC2)C(/C=C/C(O)O)C1. The van der Waals surface area contributed by atoms with Crippen LogP contribution in [0.4, 0.5) is 22.0 Å². The first kappa shape index (κ1) is 28.7. The molecule has 0 aliphatic heterocycles. The number of rotatable bonds is 8. The Hall–Kier alpha value is -2.84. The van der Waals surface area contributed by atoms with Crippen LogP contribution in [0.2, 0.25) is 0 Å². The number of ketones is 1. The summed E-state index contributed by atoms with van der Waals surface area (Å²) in [7, 11) is 0. The first-order valence-electron chi connectivity index (χ1n) is 12.4. The van der Waals surface area contributed by atoms with Crippen LogP contribution in [-0.2, 0) is 11.2 Å². The van der Waals surface area contributed by atoms with Gasteiger partial charge >= 0.3 is 6.18 Å². The van der Waals surface area contributed by atoms with E-state index in [1.165, 1.54) is 24.3 Å². The summed E-state index contributed by atoms with van der Waals surface area (Å²) in [5.41, 5.74) is -0.356. The minimum Gasteiger partial charge on any atom is -0.365 e. The lowest BCUT2D eigenvalue weighted by atomic mass is 9.76. The fraction of sp³-hybridized carbons (Fsp3) is 0.414. The first-order valence-corrected chi connectivity index (χ1v) is 12.4. The molecule has 0 saturated carbocycles. The molecular weight excluding hydrogens is 491 g/mol. The van der Waals surface area contributed by atoms with Crippen LogP contribution >= 0.6 is 0 Å². The van der Waals surface area contributed by atoms with E-state index in [2.05, 4.69) is 0 Å². The van der Waals surface area contributed by atoms with Gasteiger partial charge in [-0.05, 0) is 79.9 Å². The fourth-order valence-corrected chi connectivity index (χ4v) is 5.09. The van der Waals surface area contributed by atoms with E-state index >= 15 is 0 Å². The molecule has 200 valence electrons. The van der Waals surface area contributed by atoms with Crippen molar-refractivity contribution >= 4 is 5.78 Å². The van der Waals surface area contributed by atoms with Crippen molar-refractivity contribution in [3.05, 3.63) is 94.6 Å². The largest absolute Gasteiger partial charge is 0.416 e. The third-order valence-electron chi connectivity index (χ3n) is 7.01. The lowest BCUT2D eigenvalue weighted by Gasteiger charge is -2.28. The second-order valence-electron chi connectivity index (χ2n) is 9.50. The average molecular weight is 523 g/mol. The highest BCUT2D eigenvalue weighted by Crippen LogP contribution is 2.39. The summed E-state index contributed by atoms with van der Waals surface area (Å²) in [5, 5.41) is 18.8. The number of allylic oxidation sites excluding steroid dienone is 9. The topological polar surface area (TPSA) is 57.5 Å². The number of alkyl halides is 3. The Morgan fingerprint density at radius 2 is 1.97 bits per heavy atom. The van der Waals surface area contributed by atoms with Crippen molar-refractivity contribution in [1.29, 1.82) is 0 Å². The highest BCUT2D eigenvalue weighted by atomic mass is 19.4. The van der Waals surface area contributed by atoms with Gasteiger partial charge in [-0.1, -0.05) is 43.7 Å². The third-order valence-corrected chi connectivity index (χ3v) is 7.01. The van der Waals surface area contributed by atoms with Crippen LogP contribution in [0.5, 0.6) is 0 Å². The molecule has 0 amide bonds. The fourth-order valence-electron chi connectivity index (χ4n) is 5.09. The van der Waals surface area contributed by atoms with Gasteiger partial charge < -0.3 is 10.2 Å². The predicted molar refractivity (Wildman–Crippen MR) is 131 cm³/mol. The van der Waals surface area contributed by atoms with Gasteiger partial charge in [-0.25, -0.2) is 8.78 Å². The van der Waals surface area contributed by atoms with Gasteiger partial charge in [0.1, 0.15) is 11.6 Å². The molecule has 1 aromatic carbocycles. The molecule has 2 aliphatic carbocycles. The minimum atomic E-state index is -4.61. The molecule has 3 rings (SSSR count). The van der Waals surface area contributed by atoms with E-state index in [1.807, 2.05) is 6.92 Å². The molecule has 3 unspecified atom stereocenters. The maximum absolute atomic E-state index is 14.3. The number of hydrogen-bond acceptors (Lipinski definition) is 3. The molecule has 0 saturated heterocycles. The van der Waals surface area contributed by atoms with Crippen LogP contribution in [0.3, 0.4) is 0 Å². The van der Waals surface area contributed by atoms with Crippen LogP contribution in [0.15, 0.2) is 77.5 Å². The summed E-state index contributed by atoms with van der Waals surface area (Å²) in [4.78, 5) is 13.5. The number of carbonyl (C=O) groups is 1. The smallest absolute Gasteiger partial charge is 0.365 e. The van der Waals surface area contributed by atoms with Crippen molar-refractivity contribution in [1.82, 2.24) is 0 Å². The summed E-state index contributed by atoms with van der Waals surface area (Å²) in [5.74, 6) is -2.20. The van der Waals surface area contributed by atoms with E-state index in [0.717, 1.165) is 30.4 Å². The van der Waals surface area contributed by atoms with E-state index in [-0.39, 0.29) is 29.4 Å². The van der Waals surface area contributed by atoms with Gasteiger partial charge in [0.25, 0.3) is 0 Å². The summed E-state index contributed by atoms with van der Waals surface area (Å²) < 4.78 is 68.2. The van der Waals surface area contributed by atoms with Gasteiger partial charge in [0, 0.05) is 17.1 Å². The maximum Gasteiger partial charge on any atom is 0.416 e. The highest BCUT2D eigenvalue weighted by molar-refractivity contribution is 6.09. The third kappa shape index (κ3) is 7.82. The maximum atomic E-state index is 14.3. The zero-order valence-corrected chi connectivity index (χ0v) is 20.5. The van der Waals surface area contributed by atoms with E-state index in [0.29, 0.717) is 37.7 Å². The van der Waals surface area contributed by atoms with Gasteiger partial charge in [0.2, 0.25) is 0 Å². The molecule has 0 radical (unpaired) electrons. The zero-order chi connectivity index (χ0) is 27.2. The van der Waals surface area contributed by atoms with Crippen molar-refractivity contribution < 1.29 is 37.0 Å². The van der Waals surface area contributed by atoms with Crippen molar-refractivity contribution in [3.8, 4) is 0 Å².